The summed E-state index contributed by atoms with van der Waals surface area (Å²) >= 11 is 0. The Labute approximate surface area is 85.7 Å². The van der Waals surface area contributed by atoms with Gasteiger partial charge in [0, 0.05) is 12.2 Å². The van der Waals surface area contributed by atoms with Gasteiger partial charge in [0.2, 0.25) is 0 Å². The molecule has 0 spiro atoms. The minimum atomic E-state index is -0.143. The van der Waals surface area contributed by atoms with Crippen molar-refractivity contribution in [3.8, 4) is 0 Å². The lowest BCUT2D eigenvalue weighted by Gasteiger charge is -2.25. The van der Waals surface area contributed by atoms with E-state index in [4.69, 9.17) is 0 Å². The van der Waals surface area contributed by atoms with Crippen LogP contribution >= 0.6 is 0 Å². The maximum atomic E-state index is 10.2. The lowest BCUT2D eigenvalue weighted by Crippen LogP contribution is -2.15. The van der Waals surface area contributed by atoms with Gasteiger partial charge in [0.25, 0.3) is 0 Å². The summed E-state index contributed by atoms with van der Waals surface area (Å²) < 4.78 is 0. The van der Waals surface area contributed by atoms with E-state index in [0.717, 1.165) is 12.8 Å². The molecule has 0 saturated carbocycles. The zero-order valence-corrected chi connectivity index (χ0v) is 9.39. The molecule has 0 rings (SSSR count). The number of hydrogen-bond acceptors (Lipinski definition) is 2. The molecule has 0 atom stereocenters. The van der Waals surface area contributed by atoms with Crippen molar-refractivity contribution >= 4 is 11.9 Å². The van der Waals surface area contributed by atoms with Crippen molar-refractivity contribution in [1.29, 1.82) is 0 Å². The molecule has 0 saturated heterocycles. The Morgan fingerprint density at radius 2 is 1.14 bits per heavy atom. The van der Waals surface area contributed by atoms with Gasteiger partial charge < -0.3 is 0 Å². The average Bonchev–Trinajstić information content (AvgIpc) is 2.01. The van der Waals surface area contributed by atoms with Crippen LogP contribution in [0.25, 0.3) is 0 Å². The average molecular weight is 194 g/mol. The molecule has 0 heterocycles. The topological polar surface area (TPSA) is 34.1 Å². The Hall–Kier alpha value is -1.10. The number of hydrogen-bond donors (Lipinski definition) is 0. The zero-order chi connectivity index (χ0) is 11.2. The standard InChI is InChI=1S/C12H18O2/c1-11(2,7-9-13)5-6-12(3,4)8-10-14/h7-8H,5-6H2,1-4H3. The molecule has 0 amide bonds. The van der Waals surface area contributed by atoms with E-state index in [0.29, 0.717) is 0 Å². The predicted octanol–water partition coefficient (Wildman–Crippen LogP) is 2.59. The first-order valence-corrected chi connectivity index (χ1v) is 4.77. The first kappa shape index (κ1) is 12.9. The fourth-order valence-corrected chi connectivity index (χ4v) is 1.11. The van der Waals surface area contributed by atoms with Crippen LogP contribution in [0.1, 0.15) is 40.5 Å². The maximum Gasteiger partial charge on any atom is 0.120 e. The minimum absolute atomic E-state index is 0.143. The fourth-order valence-electron chi connectivity index (χ4n) is 1.11. The molecule has 0 radical (unpaired) electrons. The van der Waals surface area contributed by atoms with Crippen LogP contribution < -0.4 is 0 Å². The van der Waals surface area contributed by atoms with E-state index in [1.807, 2.05) is 39.6 Å². The van der Waals surface area contributed by atoms with Crippen LogP contribution in [0.4, 0.5) is 0 Å². The van der Waals surface area contributed by atoms with Crippen molar-refractivity contribution in [2.75, 3.05) is 0 Å². The molecule has 0 unspecified atom stereocenters. The third kappa shape index (κ3) is 5.53. The summed E-state index contributed by atoms with van der Waals surface area (Å²) in [5.74, 6) is 3.63. The molecular formula is C12H18O2. The summed E-state index contributed by atoms with van der Waals surface area (Å²) in [4.78, 5) is 20.4. The molecular weight excluding hydrogens is 176 g/mol. The highest BCUT2D eigenvalue weighted by Crippen LogP contribution is 2.31. The van der Waals surface area contributed by atoms with Crippen molar-refractivity contribution in [2.24, 2.45) is 10.8 Å². The highest BCUT2D eigenvalue weighted by molar-refractivity contribution is 5.47. The number of carbonyl (C=O) groups excluding carboxylic acids is 2. The first-order valence-electron chi connectivity index (χ1n) is 4.77. The minimum Gasteiger partial charge on any atom is -0.234 e. The molecule has 2 heteroatoms. The lowest BCUT2D eigenvalue weighted by molar-refractivity contribution is 0.331. The molecule has 0 N–H and O–H groups in total. The molecule has 0 aromatic carbocycles. The summed E-state index contributed by atoms with van der Waals surface area (Å²) in [5, 5.41) is 0. The van der Waals surface area contributed by atoms with Crippen LogP contribution in [0.2, 0.25) is 0 Å². The summed E-state index contributed by atoms with van der Waals surface area (Å²) in [6.45, 7) is 7.94. The second-order valence-corrected chi connectivity index (χ2v) is 5.00. The Morgan fingerprint density at radius 3 is 1.36 bits per heavy atom. The van der Waals surface area contributed by atoms with E-state index in [1.54, 1.807) is 0 Å². The molecule has 0 aromatic rings. The maximum absolute atomic E-state index is 10.2. The molecule has 0 aliphatic heterocycles. The first-order chi connectivity index (χ1) is 6.33. The van der Waals surface area contributed by atoms with Gasteiger partial charge in [-0.15, -0.1) is 0 Å². The summed E-state index contributed by atoms with van der Waals surface area (Å²) in [6.07, 6.45) is 4.78. The Kier molecular flexibility index (Phi) is 4.56. The van der Waals surface area contributed by atoms with Crippen LogP contribution in [0.15, 0.2) is 12.2 Å². The predicted molar refractivity (Wildman–Crippen MR) is 57.3 cm³/mol. The SMILES string of the molecule is CC(C)(C=C=O)CCC(C)(C)C=C=O. The second-order valence-electron chi connectivity index (χ2n) is 5.00. The van der Waals surface area contributed by atoms with Gasteiger partial charge in [-0.05, 0) is 23.7 Å². The van der Waals surface area contributed by atoms with Gasteiger partial charge in [0.1, 0.15) is 11.9 Å². The molecule has 2 nitrogen and oxygen atoms in total. The number of allylic oxidation sites excluding steroid dienone is 2. The monoisotopic (exact) mass is 194 g/mol. The van der Waals surface area contributed by atoms with Crippen molar-refractivity contribution in [1.82, 2.24) is 0 Å². The Balaban J connectivity index is 4.30. The van der Waals surface area contributed by atoms with Crippen LogP contribution in [-0.2, 0) is 9.59 Å². The lowest BCUT2D eigenvalue weighted by atomic mass is 9.79. The molecule has 0 aromatic heterocycles. The Bertz CT molecular complexity index is 245. The highest BCUT2D eigenvalue weighted by atomic mass is 16.1. The molecule has 78 valence electrons. The van der Waals surface area contributed by atoms with Crippen molar-refractivity contribution < 1.29 is 9.59 Å². The summed E-state index contributed by atoms with van der Waals surface area (Å²) in [7, 11) is 0. The van der Waals surface area contributed by atoms with E-state index in [1.165, 1.54) is 12.2 Å². The van der Waals surface area contributed by atoms with Crippen LogP contribution in [0.5, 0.6) is 0 Å². The van der Waals surface area contributed by atoms with Gasteiger partial charge in [-0.25, -0.2) is 9.59 Å². The molecule has 0 aliphatic carbocycles. The van der Waals surface area contributed by atoms with E-state index >= 15 is 0 Å². The number of rotatable bonds is 5. The summed E-state index contributed by atoms with van der Waals surface area (Å²) in [5.41, 5.74) is -0.286. The fraction of sp³-hybridized carbons (Fsp3) is 0.667. The Morgan fingerprint density at radius 1 is 0.857 bits per heavy atom. The van der Waals surface area contributed by atoms with Crippen LogP contribution in [0.3, 0.4) is 0 Å². The van der Waals surface area contributed by atoms with Gasteiger partial charge in [0.15, 0.2) is 0 Å². The van der Waals surface area contributed by atoms with Crippen molar-refractivity contribution in [3.05, 3.63) is 12.2 Å². The smallest absolute Gasteiger partial charge is 0.120 e. The van der Waals surface area contributed by atoms with E-state index in [2.05, 4.69) is 0 Å². The van der Waals surface area contributed by atoms with Gasteiger partial charge in [0.05, 0.1) is 0 Å². The highest BCUT2D eigenvalue weighted by Gasteiger charge is 2.21. The second kappa shape index (κ2) is 4.95. The van der Waals surface area contributed by atoms with Crippen molar-refractivity contribution in [3.63, 3.8) is 0 Å². The van der Waals surface area contributed by atoms with Crippen LogP contribution in [-0.4, -0.2) is 11.9 Å². The van der Waals surface area contributed by atoms with Gasteiger partial charge in [-0.3, -0.25) is 0 Å². The molecule has 0 aliphatic rings. The molecule has 0 bridgehead atoms. The van der Waals surface area contributed by atoms with Crippen molar-refractivity contribution in [2.45, 2.75) is 40.5 Å². The largest absolute Gasteiger partial charge is 0.234 e. The van der Waals surface area contributed by atoms with Crippen LogP contribution in [0, 0.1) is 10.8 Å². The summed E-state index contributed by atoms with van der Waals surface area (Å²) in [6, 6.07) is 0. The van der Waals surface area contributed by atoms with Gasteiger partial charge in [-0.1, -0.05) is 27.7 Å². The molecule has 14 heavy (non-hydrogen) atoms. The third-order valence-electron chi connectivity index (χ3n) is 2.31. The molecule has 0 fully saturated rings. The van der Waals surface area contributed by atoms with E-state index in [-0.39, 0.29) is 10.8 Å². The quantitative estimate of drug-likeness (QED) is 0.630. The zero-order valence-electron chi connectivity index (χ0n) is 9.39. The van der Waals surface area contributed by atoms with E-state index < -0.39 is 0 Å². The van der Waals surface area contributed by atoms with Gasteiger partial charge in [-0.2, -0.15) is 0 Å². The van der Waals surface area contributed by atoms with Gasteiger partial charge >= 0.3 is 0 Å². The normalized spacial score (nSPS) is 11.4. The third-order valence-corrected chi connectivity index (χ3v) is 2.31. The van der Waals surface area contributed by atoms with E-state index in [9.17, 15) is 9.59 Å².